The van der Waals surface area contributed by atoms with Gasteiger partial charge in [-0.2, -0.15) is 0 Å². The standard InChI is InChI=1S/C21H33N3O2S/c1-13-15(3)24(11-18-5-4-8-26-18)21(23-13)27-12-20(25)22-14(2)19-10-16-6-7-17(19)9-16/h14,16-19H,4-12H2,1-3H3,(H,22,25). The Kier molecular flexibility index (Phi) is 5.83. The van der Waals surface area contributed by atoms with E-state index in [2.05, 4.69) is 23.7 Å². The fraction of sp³-hybridized carbons (Fsp3) is 0.810. The molecule has 1 saturated heterocycles. The molecule has 27 heavy (non-hydrogen) atoms. The molecule has 1 aromatic heterocycles. The summed E-state index contributed by atoms with van der Waals surface area (Å²) < 4.78 is 8.04. The van der Waals surface area contributed by atoms with Crippen LogP contribution in [-0.4, -0.2) is 40.0 Å². The molecule has 1 N–H and O–H groups in total. The highest BCUT2D eigenvalue weighted by atomic mass is 32.2. The van der Waals surface area contributed by atoms with Crippen LogP contribution in [0.2, 0.25) is 0 Å². The van der Waals surface area contributed by atoms with Gasteiger partial charge in [-0.3, -0.25) is 4.79 Å². The van der Waals surface area contributed by atoms with E-state index < -0.39 is 0 Å². The molecule has 4 rings (SSSR count). The van der Waals surface area contributed by atoms with Gasteiger partial charge in [-0.1, -0.05) is 18.2 Å². The maximum Gasteiger partial charge on any atom is 0.230 e. The number of hydrogen-bond donors (Lipinski definition) is 1. The number of aryl methyl sites for hydroxylation is 1. The average molecular weight is 392 g/mol. The summed E-state index contributed by atoms with van der Waals surface area (Å²) in [6.45, 7) is 8.06. The highest BCUT2D eigenvalue weighted by Crippen LogP contribution is 2.49. The van der Waals surface area contributed by atoms with Crippen molar-refractivity contribution >= 4 is 17.7 Å². The fourth-order valence-corrected chi connectivity index (χ4v) is 6.29. The van der Waals surface area contributed by atoms with Gasteiger partial charge in [0.15, 0.2) is 5.16 Å². The molecule has 5 atom stereocenters. The zero-order valence-electron chi connectivity index (χ0n) is 16.9. The molecule has 5 unspecified atom stereocenters. The number of ether oxygens (including phenoxy) is 1. The minimum absolute atomic E-state index is 0.136. The molecule has 3 aliphatic rings. The second kappa shape index (κ2) is 8.16. The zero-order valence-corrected chi connectivity index (χ0v) is 17.7. The van der Waals surface area contributed by atoms with E-state index in [0.29, 0.717) is 17.7 Å². The minimum Gasteiger partial charge on any atom is -0.376 e. The number of aromatic nitrogens is 2. The van der Waals surface area contributed by atoms with Gasteiger partial charge >= 0.3 is 0 Å². The third-order valence-corrected chi connectivity index (χ3v) is 7.97. The van der Waals surface area contributed by atoms with E-state index in [4.69, 9.17) is 9.72 Å². The van der Waals surface area contributed by atoms with Gasteiger partial charge in [-0.25, -0.2) is 4.98 Å². The molecule has 2 bridgehead atoms. The Bertz CT molecular complexity index is 683. The van der Waals surface area contributed by atoms with E-state index in [1.165, 1.54) is 31.4 Å². The Morgan fingerprint density at radius 2 is 2.19 bits per heavy atom. The van der Waals surface area contributed by atoms with Crippen molar-refractivity contribution in [1.29, 1.82) is 0 Å². The summed E-state index contributed by atoms with van der Waals surface area (Å²) in [5.74, 6) is 3.02. The van der Waals surface area contributed by atoms with E-state index in [-0.39, 0.29) is 12.0 Å². The van der Waals surface area contributed by atoms with Crippen LogP contribution < -0.4 is 5.32 Å². The van der Waals surface area contributed by atoms with Crippen molar-refractivity contribution in [2.45, 2.75) is 83.1 Å². The summed E-state index contributed by atoms with van der Waals surface area (Å²) >= 11 is 1.56. The topological polar surface area (TPSA) is 56.2 Å². The fourth-order valence-electron chi connectivity index (χ4n) is 5.38. The number of carbonyl (C=O) groups excluding carboxylic acids is 1. The van der Waals surface area contributed by atoms with Gasteiger partial charge in [0.1, 0.15) is 0 Å². The molecular formula is C21H33N3O2S. The van der Waals surface area contributed by atoms with Crippen molar-refractivity contribution < 1.29 is 9.53 Å². The van der Waals surface area contributed by atoms with Crippen LogP contribution in [0.25, 0.3) is 0 Å². The SMILES string of the molecule is Cc1nc(SCC(=O)NC(C)C2CC3CCC2C3)n(CC2CCCO2)c1C. The van der Waals surface area contributed by atoms with Crippen molar-refractivity contribution in [3.63, 3.8) is 0 Å². The monoisotopic (exact) mass is 391 g/mol. The molecule has 3 fully saturated rings. The number of hydrogen-bond acceptors (Lipinski definition) is 4. The van der Waals surface area contributed by atoms with Crippen molar-refractivity contribution in [3.8, 4) is 0 Å². The summed E-state index contributed by atoms with van der Waals surface area (Å²) in [4.78, 5) is 17.2. The first-order chi connectivity index (χ1) is 13.0. The largest absolute Gasteiger partial charge is 0.376 e. The quantitative estimate of drug-likeness (QED) is 0.720. The molecular weight excluding hydrogens is 358 g/mol. The summed E-state index contributed by atoms with van der Waals surface area (Å²) in [5.41, 5.74) is 2.23. The Morgan fingerprint density at radius 1 is 1.33 bits per heavy atom. The van der Waals surface area contributed by atoms with E-state index in [1.54, 1.807) is 11.8 Å². The van der Waals surface area contributed by atoms with Gasteiger partial charge in [-0.15, -0.1) is 0 Å². The first kappa shape index (κ1) is 19.3. The number of thioether (sulfide) groups is 1. The van der Waals surface area contributed by atoms with Gasteiger partial charge in [0.2, 0.25) is 5.91 Å². The molecule has 5 nitrogen and oxygen atoms in total. The third-order valence-electron chi connectivity index (χ3n) is 6.99. The van der Waals surface area contributed by atoms with Crippen LogP contribution >= 0.6 is 11.8 Å². The van der Waals surface area contributed by atoms with E-state index in [1.807, 2.05) is 6.92 Å². The smallest absolute Gasteiger partial charge is 0.230 e. The van der Waals surface area contributed by atoms with Crippen molar-refractivity contribution in [2.75, 3.05) is 12.4 Å². The van der Waals surface area contributed by atoms with Gasteiger partial charge < -0.3 is 14.6 Å². The van der Waals surface area contributed by atoms with Gasteiger partial charge in [-0.05, 0) is 70.6 Å². The number of rotatable bonds is 7. The molecule has 2 saturated carbocycles. The highest BCUT2D eigenvalue weighted by Gasteiger charge is 2.42. The molecule has 0 spiro atoms. The lowest BCUT2D eigenvalue weighted by atomic mass is 9.84. The predicted molar refractivity (Wildman–Crippen MR) is 108 cm³/mol. The molecule has 1 aliphatic heterocycles. The van der Waals surface area contributed by atoms with Crippen LogP contribution in [0.1, 0.15) is 56.8 Å². The molecule has 0 radical (unpaired) electrons. The number of amides is 1. The average Bonchev–Trinajstić information content (AvgIpc) is 3.43. The molecule has 0 aromatic carbocycles. The van der Waals surface area contributed by atoms with Crippen LogP contribution in [0.15, 0.2) is 5.16 Å². The predicted octanol–water partition coefficient (Wildman–Crippen LogP) is 3.71. The molecule has 150 valence electrons. The first-order valence-electron chi connectivity index (χ1n) is 10.6. The lowest BCUT2D eigenvalue weighted by Crippen LogP contribution is -2.41. The van der Waals surface area contributed by atoms with Crippen molar-refractivity contribution in [2.24, 2.45) is 17.8 Å². The normalized spacial score (nSPS) is 30.8. The van der Waals surface area contributed by atoms with E-state index in [9.17, 15) is 4.79 Å². The lowest BCUT2D eigenvalue weighted by molar-refractivity contribution is -0.119. The Morgan fingerprint density at radius 3 is 2.85 bits per heavy atom. The number of nitrogens with zero attached hydrogens (tertiary/aromatic N) is 2. The maximum absolute atomic E-state index is 12.5. The molecule has 6 heteroatoms. The number of carbonyl (C=O) groups is 1. The summed E-state index contributed by atoms with van der Waals surface area (Å²) in [6.07, 6.45) is 8.00. The second-order valence-corrected chi connectivity index (χ2v) is 9.74. The zero-order chi connectivity index (χ0) is 19.0. The van der Waals surface area contributed by atoms with Crippen LogP contribution in [0.3, 0.4) is 0 Å². The Labute approximate surface area is 167 Å². The molecule has 1 aromatic rings. The van der Waals surface area contributed by atoms with Crippen molar-refractivity contribution in [3.05, 3.63) is 11.4 Å². The molecule has 2 heterocycles. The van der Waals surface area contributed by atoms with E-state index in [0.717, 1.165) is 48.7 Å². The van der Waals surface area contributed by atoms with Gasteiger partial charge in [0.05, 0.1) is 24.1 Å². The second-order valence-electron chi connectivity index (χ2n) is 8.79. The number of fused-ring (bicyclic) bond motifs is 2. The van der Waals surface area contributed by atoms with Crippen LogP contribution in [0.4, 0.5) is 0 Å². The third kappa shape index (κ3) is 4.21. The van der Waals surface area contributed by atoms with Crippen LogP contribution in [-0.2, 0) is 16.1 Å². The van der Waals surface area contributed by atoms with Crippen LogP contribution in [0.5, 0.6) is 0 Å². The number of nitrogens with one attached hydrogen (secondary N) is 1. The van der Waals surface area contributed by atoms with Gasteiger partial charge in [0, 0.05) is 18.3 Å². The number of imidazole rings is 1. The van der Waals surface area contributed by atoms with E-state index >= 15 is 0 Å². The molecule has 2 aliphatic carbocycles. The Hall–Kier alpha value is -1.01. The first-order valence-corrected chi connectivity index (χ1v) is 11.6. The maximum atomic E-state index is 12.5. The Balaban J connectivity index is 1.31. The van der Waals surface area contributed by atoms with Gasteiger partial charge in [0.25, 0.3) is 0 Å². The lowest BCUT2D eigenvalue weighted by Gasteiger charge is -2.28. The van der Waals surface area contributed by atoms with Crippen molar-refractivity contribution in [1.82, 2.24) is 14.9 Å². The summed E-state index contributed by atoms with van der Waals surface area (Å²) in [5, 5.41) is 4.22. The highest BCUT2D eigenvalue weighted by molar-refractivity contribution is 7.99. The summed E-state index contributed by atoms with van der Waals surface area (Å²) in [6, 6.07) is 0.295. The minimum atomic E-state index is 0.136. The summed E-state index contributed by atoms with van der Waals surface area (Å²) in [7, 11) is 0. The molecule has 1 amide bonds. The van der Waals surface area contributed by atoms with Crippen LogP contribution in [0, 0.1) is 31.6 Å².